The largest absolute Gasteiger partial charge is 0.419 e. The first-order valence-electron chi connectivity index (χ1n) is 4.87. The van der Waals surface area contributed by atoms with Crippen LogP contribution in [-0.4, -0.2) is 14.8 Å². The van der Waals surface area contributed by atoms with Gasteiger partial charge in [-0.15, -0.1) is 0 Å². The topological polar surface area (TPSA) is 56.7 Å². The lowest BCUT2D eigenvalue weighted by Gasteiger charge is -2.05. The Hall–Kier alpha value is -1.76. The van der Waals surface area contributed by atoms with Gasteiger partial charge in [-0.3, -0.25) is 4.68 Å². The first-order chi connectivity index (χ1) is 8.36. The van der Waals surface area contributed by atoms with E-state index < -0.39 is 11.7 Å². The molecule has 18 heavy (non-hydrogen) atoms. The molecule has 0 amide bonds. The average Bonchev–Trinajstić information content (AvgIpc) is 2.71. The molecule has 0 saturated carbocycles. The highest BCUT2D eigenvalue weighted by atomic mass is 35.5. The van der Waals surface area contributed by atoms with Crippen LogP contribution < -0.4 is 5.73 Å². The Morgan fingerprint density at radius 1 is 1.33 bits per heavy atom. The summed E-state index contributed by atoms with van der Waals surface area (Å²) in [5.41, 5.74) is 5.03. The fourth-order valence-corrected chi connectivity index (χ4v) is 1.53. The van der Waals surface area contributed by atoms with E-state index in [-0.39, 0.29) is 12.4 Å². The van der Waals surface area contributed by atoms with Crippen LogP contribution in [0.3, 0.4) is 0 Å². The number of hydrogen-bond donors (Lipinski definition) is 1. The van der Waals surface area contributed by atoms with Crippen molar-refractivity contribution in [3.63, 3.8) is 0 Å². The number of aromatic nitrogens is 3. The van der Waals surface area contributed by atoms with Gasteiger partial charge in [0.15, 0.2) is 0 Å². The summed E-state index contributed by atoms with van der Waals surface area (Å²) in [5, 5.41) is 3.93. The van der Waals surface area contributed by atoms with Gasteiger partial charge in [0.05, 0.1) is 29.0 Å². The highest BCUT2D eigenvalue weighted by Crippen LogP contribution is 2.28. The van der Waals surface area contributed by atoms with Crippen molar-refractivity contribution in [2.24, 2.45) is 0 Å². The van der Waals surface area contributed by atoms with Crippen molar-refractivity contribution < 1.29 is 13.2 Å². The number of rotatable bonds is 2. The van der Waals surface area contributed by atoms with Crippen molar-refractivity contribution in [2.75, 3.05) is 5.73 Å². The number of hydrogen-bond acceptors (Lipinski definition) is 3. The molecule has 0 atom stereocenters. The smallest absolute Gasteiger partial charge is 0.384 e. The van der Waals surface area contributed by atoms with Gasteiger partial charge in [-0.05, 0) is 12.1 Å². The van der Waals surface area contributed by atoms with Crippen LogP contribution in [-0.2, 0) is 12.7 Å². The zero-order chi connectivity index (χ0) is 13.3. The second-order valence-corrected chi connectivity index (χ2v) is 4.00. The Morgan fingerprint density at radius 3 is 2.67 bits per heavy atom. The van der Waals surface area contributed by atoms with Crippen LogP contribution in [0, 0.1) is 0 Å². The standard InChI is InChI=1S/C10H8ClF3N4/c11-7-1-2-9(15)17-8(7)5-18-4-6(3-16-18)10(12,13)14/h1-4H,5H2,(H2,15,17). The van der Waals surface area contributed by atoms with Gasteiger partial charge in [0.25, 0.3) is 0 Å². The van der Waals surface area contributed by atoms with Crippen molar-refractivity contribution >= 4 is 17.4 Å². The molecule has 0 aliphatic carbocycles. The Balaban J connectivity index is 2.24. The number of nitrogens with two attached hydrogens (primary N) is 1. The van der Waals surface area contributed by atoms with Gasteiger partial charge in [-0.25, -0.2) is 4.98 Å². The molecule has 8 heteroatoms. The summed E-state index contributed by atoms with van der Waals surface area (Å²) in [5.74, 6) is 0.248. The molecule has 0 aromatic carbocycles. The molecular weight excluding hydrogens is 269 g/mol. The van der Waals surface area contributed by atoms with Gasteiger partial charge in [0.1, 0.15) is 5.82 Å². The van der Waals surface area contributed by atoms with Gasteiger partial charge < -0.3 is 5.73 Å². The van der Waals surface area contributed by atoms with Crippen LogP contribution in [0.5, 0.6) is 0 Å². The van der Waals surface area contributed by atoms with Gasteiger partial charge in [0.2, 0.25) is 0 Å². The van der Waals surface area contributed by atoms with Crippen molar-refractivity contribution in [2.45, 2.75) is 12.7 Å². The van der Waals surface area contributed by atoms with Crippen molar-refractivity contribution in [1.29, 1.82) is 0 Å². The van der Waals surface area contributed by atoms with Gasteiger partial charge in [0, 0.05) is 6.20 Å². The Bertz CT molecular complexity index is 564. The summed E-state index contributed by atoms with van der Waals surface area (Å²) in [6.45, 7) is 0.0277. The molecule has 0 aliphatic rings. The third-order valence-electron chi connectivity index (χ3n) is 2.21. The number of nitrogens with zero attached hydrogens (tertiary/aromatic N) is 3. The number of alkyl halides is 3. The fraction of sp³-hybridized carbons (Fsp3) is 0.200. The van der Waals surface area contributed by atoms with Gasteiger partial charge in [-0.2, -0.15) is 18.3 Å². The zero-order valence-electron chi connectivity index (χ0n) is 8.95. The summed E-state index contributed by atoms with van der Waals surface area (Å²) in [7, 11) is 0. The average molecular weight is 277 g/mol. The molecule has 0 unspecified atom stereocenters. The molecule has 2 aromatic rings. The normalized spacial score (nSPS) is 11.8. The Morgan fingerprint density at radius 2 is 2.06 bits per heavy atom. The van der Waals surface area contributed by atoms with E-state index in [9.17, 15) is 13.2 Å². The minimum absolute atomic E-state index is 0.0277. The molecular formula is C10H8ClF3N4. The molecule has 0 fully saturated rings. The van der Waals surface area contributed by atoms with Crippen molar-refractivity contribution in [1.82, 2.24) is 14.8 Å². The Kier molecular flexibility index (Phi) is 3.16. The van der Waals surface area contributed by atoms with Crippen LogP contribution in [0.25, 0.3) is 0 Å². The van der Waals surface area contributed by atoms with E-state index in [1.165, 1.54) is 12.1 Å². The molecule has 0 aliphatic heterocycles. The summed E-state index contributed by atoms with van der Waals surface area (Å²) >= 11 is 5.86. The van der Waals surface area contributed by atoms with E-state index in [1.807, 2.05) is 0 Å². The molecule has 2 rings (SSSR count). The van der Waals surface area contributed by atoms with E-state index in [0.717, 1.165) is 17.1 Å². The number of nitrogen functional groups attached to an aromatic ring is 1. The first kappa shape index (κ1) is 12.7. The molecule has 0 spiro atoms. The lowest BCUT2D eigenvalue weighted by Crippen LogP contribution is -2.06. The number of anilines is 1. The van der Waals surface area contributed by atoms with Crippen molar-refractivity contribution in [3.8, 4) is 0 Å². The van der Waals surface area contributed by atoms with Gasteiger partial charge in [-0.1, -0.05) is 11.6 Å². The molecule has 4 nitrogen and oxygen atoms in total. The predicted octanol–water partition coefficient (Wildman–Crippen LogP) is 2.58. The lowest BCUT2D eigenvalue weighted by molar-refractivity contribution is -0.137. The van der Waals surface area contributed by atoms with Crippen LogP contribution >= 0.6 is 11.6 Å². The summed E-state index contributed by atoms with van der Waals surface area (Å²) in [6, 6.07) is 3.05. The second-order valence-electron chi connectivity index (χ2n) is 3.59. The summed E-state index contributed by atoms with van der Waals surface area (Å²) in [4.78, 5) is 3.94. The first-order valence-corrected chi connectivity index (χ1v) is 5.24. The van der Waals surface area contributed by atoms with Crippen LogP contribution in [0.2, 0.25) is 5.02 Å². The summed E-state index contributed by atoms with van der Waals surface area (Å²) < 4.78 is 38.2. The minimum atomic E-state index is -4.41. The lowest BCUT2D eigenvalue weighted by atomic mass is 10.3. The van der Waals surface area contributed by atoms with E-state index in [0.29, 0.717) is 10.7 Å². The third-order valence-corrected chi connectivity index (χ3v) is 2.56. The monoisotopic (exact) mass is 276 g/mol. The Labute approximate surface area is 105 Å². The maximum Gasteiger partial charge on any atom is 0.419 e. The highest BCUT2D eigenvalue weighted by Gasteiger charge is 2.32. The molecule has 2 aromatic heterocycles. The van der Waals surface area contributed by atoms with E-state index in [2.05, 4.69) is 10.1 Å². The third kappa shape index (κ3) is 2.73. The summed E-state index contributed by atoms with van der Waals surface area (Å²) in [6.07, 6.45) is -2.77. The quantitative estimate of drug-likeness (QED) is 0.917. The SMILES string of the molecule is Nc1ccc(Cl)c(Cn2cc(C(F)(F)F)cn2)n1. The highest BCUT2D eigenvalue weighted by molar-refractivity contribution is 6.31. The van der Waals surface area contributed by atoms with Gasteiger partial charge >= 0.3 is 6.18 Å². The fourth-order valence-electron chi connectivity index (χ4n) is 1.36. The minimum Gasteiger partial charge on any atom is -0.384 e. The molecule has 96 valence electrons. The number of pyridine rings is 1. The maximum absolute atomic E-state index is 12.4. The van der Waals surface area contributed by atoms with Crippen LogP contribution in [0.4, 0.5) is 19.0 Å². The zero-order valence-corrected chi connectivity index (χ0v) is 9.70. The molecule has 0 saturated heterocycles. The van der Waals surface area contributed by atoms with Crippen LogP contribution in [0.1, 0.15) is 11.3 Å². The number of halogens is 4. The van der Waals surface area contributed by atoms with E-state index in [1.54, 1.807) is 0 Å². The molecule has 0 radical (unpaired) electrons. The van der Waals surface area contributed by atoms with Crippen molar-refractivity contribution in [3.05, 3.63) is 40.8 Å². The maximum atomic E-state index is 12.4. The molecule has 2 heterocycles. The predicted molar refractivity (Wildman–Crippen MR) is 60.0 cm³/mol. The second kappa shape index (κ2) is 4.49. The van der Waals surface area contributed by atoms with E-state index in [4.69, 9.17) is 17.3 Å². The van der Waals surface area contributed by atoms with Crippen LogP contribution in [0.15, 0.2) is 24.5 Å². The molecule has 0 bridgehead atoms. The molecule has 2 N–H and O–H groups in total. The van der Waals surface area contributed by atoms with E-state index >= 15 is 0 Å².